The molecule has 1 heterocycles. The molecule has 0 aliphatic heterocycles. The van der Waals surface area contributed by atoms with Gasteiger partial charge in [-0.1, -0.05) is 0 Å². The molecule has 1 aromatic heterocycles. The maximum Gasteiger partial charge on any atom is 0.222 e. The van der Waals surface area contributed by atoms with Crippen LogP contribution >= 0.6 is 0 Å². The van der Waals surface area contributed by atoms with Crippen molar-refractivity contribution in [1.29, 1.82) is 0 Å². The van der Waals surface area contributed by atoms with Crippen LogP contribution < -0.4 is 15.2 Å². The lowest BCUT2D eigenvalue weighted by molar-refractivity contribution is 0.160. The highest BCUT2D eigenvalue weighted by atomic mass is 16.5. The zero-order valence-corrected chi connectivity index (χ0v) is 8.93. The van der Waals surface area contributed by atoms with Crippen molar-refractivity contribution in [1.82, 2.24) is 4.98 Å². The SMILES string of the molecule is COc1ccnc(OC)c1C(O)CCN. The van der Waals surface area contributed by atoms with Crippen LogP contribution in [0.5, 0.6) is 11.6 Å². The lowest BCUT2D eigenvalue weighted by atomic mass is 10.1. The van der Waals surface area contributed by atoms with Gasteiger partial charge in [0.1, 0.15) is 5.75 Å². The van der Waals surface area contributed by atoms with Gasteiger partial charge >= 0.3 is 0 Å². The third kappa shape index (κ3) is 2.57. The Balaban J connectivity index is 3.09. The van der Waals surface area contributed by atoms with Crippen molar-refractivity contribution in [3.05, 3.63) is 17.8 Å². The Morgan fingerprint density at radius 1 is 1.47 bits per heavy atom. The summed E-state index contributed by atoms with van der Waals surface area (Å²) in [6.07, 6.45) is 1.29. The number of hydrogen-bond acceptors (Lipinski definition) is 5. The molecule has 84 valence electrons. The predicted octanol–water partition coefficient (Wildman–Crippen LogP) is 0.481. The Kier molecular flexibility index (Phi) is 4.33. The van der Waals surface area contributed by atoms with E-state index >= 15 is 0 Å². The Morgan fingerprint density at radius 3 is 2.73 bits per heavy atom. The molecule has 0 aromatic carbocycles. The van der Waals surface area contributed by atoms with Crippen LogP contribution in [0.3, 0.4) is 0 Å². The first-order valence-electron chi connectivity index (χ1n) is 4.69. The van der Waals surface area contributed by atoms with Gasteiger partial charge in [-0.2, -0.15) is 0 Å². The smallest absolute Gasteiger partial charge is 0.222 e. The Labute approximate surface area is 88.8 Å². The maximum atomic E-state index is 9.86. The molecule has 0 fully saturated rings. The second-order valence-corrected chi connectivity index (χ2v) is 3.03. The van der Waals surface area contributed by atoms with Gasteiger partial charge in [-0.05, 0) is 19.0 Å². The largest absolute Gasteiger partial charge is 0.496 e. The highest BCUT2D eigenvalue weighted by Crippen LogP contribution is 2.33. The number of methoxy groups -OCH3 is 2. The van der Waals surface area contributed by atoms with E-state index in [9.17, 15) is 5.11 Å². The van der Waals surface area contributed by atoms with Crippen LogP contribution in [0.4, 0.5) is 0 Å². The molecular formula is C10H16N2O3. The first-order valence-corrected chi connectivity index (χ1v) is 4.69. The molecule has 3 N–H and O–H groups in total. The van der Waals surface area contributed by atoms with Crippen LogP contribution in [-0.4, -0.2) is 30.9 Å². The van der Waals surface area contributed by atoms with E-state index in [1.54, 1.807) is 12.3 Å². The van der Waals surface area contributed by atoms with Crippen molar-refractivity contribution in [2.75, 3.05) is 20.8 Å². The number of hydrogen-bond donors (Lipinski definition) is 2. The molecule has 15 heavy (non-hydrogen) atoms. The number of aliphatic hydroxyl groups excluding tert-OH is 1. The minimum Gasteiger partial charge on any atom is -0.496 e. The van der Waals surface area contributed by atoms with Crippen molar-refractivity contribution in [2.24, 2.45) is 5.73 Å². The van der Waals surface area contributed by atoms with Gasteiger partial charge < -0.3 is 20.3 Å². The molecule has 0 aliphatic carbocycles. The number of rotatable bonds is 5. The van der Waals surface area contributed by atoms with E-state index in [1.165, 1.54) is 14.2 Å². The topological polar surface area (TPSA) is 77.6 Å². The van der Waals surface area contributed by atoms with Crippen molar-refractivity contribution in [3.8, 4) is 11.6 Å². The summed E-state index contributed by atoms with van der Waals surface area (Å²) in [7, 11) is 3.04. The summed E-state index contributed by atoms with van der Waals surface area (Å²) < 4.78 is 10.2. The number of nitrogens with zero attached hydrogens (tertiary/aromatic N) is 1. The van der Waals surface area contributed by atoms with Crippen molar-refractivity contribution < 1.29 is 14.6 Å². The molecule has 1 rings (SSSR count). The number of aromatic nitrogens is 1. The molecule has 5 nitrogen and oxygen atoms in total. The highest BCUT2D eigenvalue weighted by molar-refractivity contribution is 5.41. The van der Waals surface area contributed by atoms with Crippen LogP contribution in [0, 0.1) is 0 Å². The summed E-state index contributed by atoms with van der Waals surface area (Å²) >= 11 is 0. The molecule has 1 aromatic rings. The lowest BCUT2D eigenvalue weighted by Crippen LogP contribution is -2.10. The fourth-order valence-electron chi connectivity index (χ4n) is 1.39. The second kappa shape index (κ2) is 5.53. The van der Waals surface area contributed by atoms with Crippen molar-refractivity contribution >= 4 is 0 Å². The fourth-order valence-corrected chi connectivity index (χ4v) is 1.39. The molecule has 0 bridgehead atoms. The van der Waals surface area contributed by atoms with Gasteiger partial charge in [0.05, 0.1) is 25.9 Å². The fraction of sp³-hybridized carbons (Fsp3) is 0.500. The number of nitrogens with two attached hydrogens (primary N) is 1. The average molecular weight is 212 g/mol. The number of aliphatic hydroxyl groups is 1. The normalized spacial score (nSPS) is 12.3. The van der Waals surface area contributed by atoms with Gasteiger partial charge in [-0.3, -0.25) is 0 Å². The summed E-state index contributed by atoms with van der Waals surface area (Å²) in [5.41, 5.74) is 5.94. The lowest BCUT2D eigenvalue weighted by Gasteiger charge is -2.16. The van der Waals surface area contributed by atoms with E-state index in [0.717, 1.165) is 0 Å². The minimum absolute atomic E-state index is 0.371. The van der Waals surface area contributed by atoms with Gasteiger partial charge in [-0.15, -0.1) is 0 Å². The summed E-state index contributed by atoms with van der Waals surface area (Å²) in [5.74, 6) is 0.929. The summed E-state index contributed by atoms with van der Waals surface area (Å²) in [4.78, 5) is 4.01. The predicted molar refractivity (Wildman–Crippen MR) is 56.0 cm³/mol. The van der Waals surface area contributed by atoms with Crippen molar-refractivity contribution in [3.63, 3.8) is 0 Å². The molecule has 5 heteroatoms. The van der Waals surface area contributed by atoms with E-state index < -0.39 is 6.10 Å². The Bertz CT molecular complexity index is 295. The summed E-state index contributed by atoms with van der Waals surface area (Å²) in [6.45, 7) is 0.391. The monoisotopic (exact) mass is 212 g/mol. The zero-order chi connectivity index (χ0) is 11.3. The number of pyridine rings is 1. The standard InChI is InChI=1S/C10H16N2O3/c1-14-8-4-6-12-10(15-2)9(8)7(13)3-5-11/h4,6-7,13H,3,5,11H2,1-2H3. The van der Waals surface area contributed by atoms with Gasteiger partial charge in [0, 0.05) is 6.20 Å². The summed E-state index contributed by atoms with van der Waals surface area (Å²) in [5, 5.41) is 9.86. The average Bonchev–Trinajstić information content (AvgIpc) is 2.28. The quantitative estimate of drug-likeness (QED) is 0.742. The second-order valence-electron chi connectivity index (χ2n) is 3.03. The van der Waals surface area contributed by atoms with Crippen molar-refractivity contribution in [2.45, 2.75) is 12.5 Å². The van der Waals surface area contributed by atoms with Gasteiger partial charge in [0.2, 0.25) is 5.88 Å². The summed E-state index contributed by atoms with van der Waals surface area (Å²) in [6, 6.07) is 1.68. The van der Waals surface area contributed by atoms with Crippen LogP contribution in [0.25, 0.3) is 0 Å². The molecule has 0 saturated carbocycles. The first-order chi connectivity index (χ1) is 7.24. The van der Waals surface area contributed by atoms with Crippen LogP contribution in [0.2, 0.25) is 0 Å². The first kappa shape index (κ1) is 11.7. The van der Waals surface area contributed by atoms with E-state index in [1.807, 2.05) is 0 Å². The van der Waals surface area contributed by atoms with Crippen LogP contribution in [0.1, 0.15) is 18.1 Å². The zero-order valence-electron chi connectivity index (χ0n) is 8.93. The molecule has 0 radical (unpaired) electrons. The van der Waals surface area contributed by atoms with E-state index in [-0.39, 0.29) is 0 Å². The van der Waals surface area contributed by atoms with E-state index in [2.05, 4.69) is 4.98 Å². The molecule has 0 spiro atoms. The van der Waals surface area contributed by atoms with Crippen LogP contribution in [0.15, 0.2) is 12.3 Å². The Morgan fingerprint density at radius 2 is 2.20 bits per heavy atom. The van der Waals surface area contributed by atoms with Gasteiger partial charge in [0.25, 0.3) is 0 Å². The molecule has 1 atom stereocenters. The highest BCUT2D eigenvalue weighted by Gasteiger charge is 2.18. The number of ether oxygens (including phenoxy) is 2. The van der Waals surface area contributed by atoms with E-state index in [4.69, 9.17) is 15.2 Å². The molecule has 0 saturated heterocycles. The van der Waals surface area contributed by atoms with Gasteiger partial charge in [0.15, 0.2) is 0 Å². The van der Waals surface area contributed by atoms with Crippen LogP contribution in [-0.2, 0) is 0 Å². The van der Waals surface area contributed by atoms with E-state index in [0.29, 0.717) is 30.2 Å². The molecule has 1 unspecified atom stereocenters. The Hall–Kier alpha value is -1.33. The van der Waals surface area contributed by atoms with Gasteiger partial charge in [-0.25, -0.2) is 4.98 Å². The molecular weight excluding hydrogens is 196 g/mol. The molecule has 0 amide bonds. The minimum atomic E-state index is -0.714. The molecule has 0 aliphatic rings. The third-order valence-electron chi connectivity index (χ3n) is 2.10. The maximum absolute atomic E-state index is 9.86. The third-order valence-corrected chi connectivity index (χ3v) is 2.10.